The van der Waals surface area contributed by atoms with Gasteiger partial charge in [-0.1, -0.05) is 11.6 Å². The third-order valence-electron chi connectivity index (χ3n) is 1.43. The van der Waals surface area contributed by atoms with E-state index in [2.05, 4.69) is 0 Å². The van der Waals surface area contributed by atoms with Crippen molar-refractivity contribution in [1.82, 2.24) is 0 Å². The minimum atomic E-state index is -1.16. The van der Waals surface area contributed by atoms with E-state index in [0.29, 0.717) is 0 Å². The molecule has 0 aliphatic carbocycles. The lowest BCUT2D eigenvalue weighted by Gasteiger charge is -2.03. The molecule has 4 nitrogen and oxygen atoms in total. The molecule has 0 amide bonds. The molecule has 0 radical (unpaired) electrons. The lowest BCUT2D eigenvalue weighted by molar-refractivity contribution is -0.131. The van der Waals surface area contributed by atoms with Crippen LogP contribution in [0.3, 0.4) is 0 Å². The zero-order valence-corrected chi connectivity index (χ0v) is 8.04. The summed E-state index contributed by atoms with van der Waals surface area (Å²) in [5.41, 5.74) is -0.0922. The lowest BCUT2D eigenvalue weighted by Crippen LogP contribution is -2.03. The summed E-state index contributed by atoms with van der Waals surface area (Å²) < 4.78 is 4.70. The predicted octanol–water partition coefficient (Wildman–Crippen LogP) is 1.96. The number of halogens is 1. The first-order valence-corrected chi connectivity index (χ1v) is 4.10. The molecule has 1 aromatic rings. The van der Waals surface area contributed by atoms with Crippen LogP contribution in [0, 0.1) is 0 Å². The van der Waals surface area contributed by atoms with Crippen LogP contribution in [0.1, 0.15) is 17.3 Å². The zero-order valence-electron chi connectivity index (χ0n) is 7.28. The van der Waals surface area contributed by atoms with Crippen molar-refractivity contribution in [3.8, 4) is 5.75 Å². The smallest absolute Gasteiger partial charge is 0.337 e. The zero-order chi connectivity index (χ0) is 10.7. The van der Waals surface area contributed by atoms with Crippen molar-refractivity contribution < 1.29 is 19.4 Å². The number of carboxylic acids is 1. The molecule has 14 heavy (non-hydrogen) atoms. The summed E-state index contributed by atoms with van der Waals surface area (Å²) in [5.74, 6) is -1.51. The molecule has 0 aliphatic heterocycles. The molecule has 0 spiro atoms. The van der Waals surface area contributed by atoms with E-state index >= 15 is 0 Å². The van der Waals surface area contributed by atoms with Crippen LogP contribution in [0.5, 0.6) is 5.75 Å². The van der Waals surface area contributed by atoms with Crippen molar-refractivity contribution in [2.45, 2.75) is 6.92 Å². The molecule has 0 atom stereocenters. The summed E-state index contributed by atoms with van der Waals surface area (Å²) in [6, 6.07) is 3.99. The molecule has 0 aliphatic rings. The summed E-state index contributed by atoms with van der Waals surface area (Å²) >= 11 is 5.61. The number of benzene rings is 1. The highest BCUT2D eigenvalue weighted by Crippen LogP contribution is 2.22. The van der Waals surface area contributed by atoms with E-state index in [-0.39, 0.29) is 16.3 Å². The van der Waals surface area contributed by atoms with Gasteiger partial charge in [0.1, 0.15) is 5.75 Å². The SMILES string of the molecule is CC(=O)Oc1ccc(Cl)c(C(=O)O)c1. The number of aromatic carboxylic acids is 1. The van der Waals surface area contributed by atoms with Crippen molar-refractivity contribution in [2.24, 2.45) is 0 Å². The Balaban J connectivity index is 3.06. The fourth-order valence-electron chi connectivity index (χ4n) is 0.898. The Morgan fingerprint density at radius 3 is 2.57 bits per heavy atom. The Labute approximate surface area is 85.1 Å². The van der Waals surface area contributed by atoms with Gasteiger partial charge in [-0.05, 0) is 18.2 Å². The van der Waals surface area contributed by atoms with Crippen molar-refractivity contribution in [3.05, 3.63) is 28.8 Å². The average molecular weight is 215 g/mol. The fourth-order valence-corrected chi connectivity index (χ4v) is 1.10. The van der Waals surface area contributed by atoms with Gasteiger partial charge in [0.25, 0.3) is 0 Å². The monoisotopic (exact) mass is 214 g/mol. The standard InChI is InChI=1S/C9H7ClO4/c1-5(11)14-6-2-3-8(10)7(4-6)9(12)13/h2-4H,1H3,(H,12,13). The molecule has 5 heteroatoms. The third-order valence-corrected chi connectivity index (χ3v) is 1.76. The van der Waals surface area contributed by atoms with Gasteiger partial charge in [-0.3, -0.25) is 4.79 Å². The number of carbonyl (C=O) groups excluding carboxylic acids is 1. The van der Waals surface area contributed by atoms with Crippen molar-refractivity contribution in [1.29, 1.82) is 0 Å². The number of rotatable bonds is 2. The summed E-state index contributed by atoms with van der Waals surface area (Å²) in [5, 5.41) is 8.80. The normalized spacial score (nSPS) is 9.57. The molecular weight excluding hydrogens is 208 g/mol. The molecule has 1 N–H and O–H groups in total. The van der Waals surface area contributed by atoms with E-state index < -0.39 is 11.9 Å². The highest BCUT2D eigenvalue weighted by molar-refractivity contribution is 6.33. The molecule has 0 saturated carbocycles. The Hall–Kier alpha value is -1.55. The van der Waals surface area contributed by atoms with Crippen LogP contribution in [0.2, 0.25) is 5.02 Å². The Bertz CT molecular complexity index is 386. The second-order valence-corrected chi connectivity index (χ2v) is 2.95. The molecule has 74 valence electrons. The quantitative estimate of drug-likeness (QED) is 0.604. The molecule has 0 heterocycles. The van der Waals surface area contributed by atoms with E-state index in [1.807, 2.05) is 0 Å². The van der Waals surface area contributed by atoms with E-state index in [9.17, 15) is 9.59 Å². The van der Waals surface area contributed by atoms with Crippen molar-refractivity contribution in [2.75, 3.05) is 0 Å². The Kier molecular flexibility index (Phi) is 3.09. The molecule has 0 aromatic heterocycles. The second kappa shape index (κ2) is 4.11. The van der Waals surface area contributed by atoms with Gasteiger partial charge in [-0.25, -0.2) is 4.79 Å². The Morgan fingerprint density at radius 2 is 2.07 bits per heavy atom. The maximum absolute atomic E-state index is 10.6. The van der Waals surface area contributed by atoms with Crippen LogP contribution in [-0.4, -0.2) is 17.0 Å². The second-order valence-electron chi connectivity index (χ2n) is 2.54. The van der Waals surface area contributed by atoms with Gasteiger partial charge in [0.15, 0.2) is 0 Å². The van der Waals surface area contributed by atoms with Gasteiger partial charge in [-0.15, -0.1) is 0 Å². The maximum atomic E-state index is 10.6. The van der Waals surface area contributed by atoms with Crippen LogP contribution in [0.25, 0.3) is 0 Å². The highest BCUT2D eigenvalue weighted by atomic mass is 35.5. The molecule has 1 aromatic carbocycles. The first-order valence-electron chi connectivity index (χ1n) is 3.72. The van der Waals surface area contributed by atoms with Crippen molar-refractivity contribution in [3.63, 3.8) is 0 Å². The van der Waals surface area contributed by atoms with Gasteiger partial charge in [0.2, 0.25) is 0 Å². The van der Waals surface area contributed by atoms with E-state index in [1.165, 1.54) is 25.1 Å². The summed E-state index contributed by atoms with van der Waals surface area (Å²) in [6.07, 6.45) is 0. The van der Waals surface area contributed by atoms with Crippen LogP contribution in [0.15, 0.2) is 18.2 Å². The van der Waals surface area contributed by atoms with Crippen molar-refractivity contribution >= 4 is 23.5 Å². The van der Waals surface area contributed by atoms with Gasteiger partial charge in [-0.2, -0.15) is 0 Å². The molecule has 0 bridgehead atoms. The number of hydrogen-bond donors (Lipinski definition) is 1. The van der Waals surface area contributed by atoms with E-state index in [0.717, 1.165) is 0 Å². The predicted molar refractivity (Wildman–Crippen MR) is 49.7 cm³/mol. The first kappa shape index (κ1) is 10.5. The topological polar surface area (TPSA) is 63.6 Å². The van der Waals surface area contributed by atoms with Gasteiger partial charge in [0.05, 0.1) is 10.6 Å². The van der Waals surface area contributed by atoms with Crippen LogP contribution in [-0.2, 0) is 4.79 Å². The summed E-state index contributed by atoms with van der Waals surface area (Å²) in [7, 11) is 0. The van der Waals surface area contributed by atoms with E-state index in [1.54, 1.807) is 0 Å². The lowest BCUT2D eigenvalue weighted by atomic mass is 10.2. The first-order chi connectivity index (χ1) is 6.50. The molecule has 0 fully saturated rings. The largest absolute Gasteiger partial charge is 0.478 e. The number of hydrogen-bond acceptors (Lipinski definition) is 3. The number of carboxylic acid groups (broad SMARTS) is 1. The van der Waals surface area contributed by atoms with Crippen LogP contribution >= 0.6 is 11.6 Å². The number of esters is 1. The average Bonchev–Trinajstić information content (AvgIpc) is 2.07. The number of carbonyl (C=O) groups is 2. The maximum Gasteiger partial charge on any atom is 0.337 e. The number of ether oxygens (including phenoxy) is 1. The van der Waals surface area contributed by atoms with Gasteiger partial charge < -0.3 is 9.84 Å². The Morgan fingerprint density at radius 1 is 1.43 bits per heavy atom. The van der Waals surface area contributed by atoms with E-state index in [4.69, 9.17) is 21.4 Å². The minimum absolute atomic E-state index is 0.0922. The van der Waals surface area contributed by atoms with Gasteiger partial charge >= 0.3 is 11.9 Å². The summed E-state index contributed by atoms with van der Waals surface area (Å²) in [6.45, 7) is 1.23. The molecular formula is C9H7ClO4. The molecule has 0 saturated heterocycles. The highest BCUT2D eigenvalue weighted by Gasteiger charge is 2.10. The summed E-state index contributed by atoms with van der Waals surface area (Å²) in [4.78, 5) is 21.2. The third kappa shape index (κ3) is 2.47. The van der Waals surface area contributed by atoms with Crippen LogP contribution < -0.4 is 4.74 Å². The van der Waals surface area contributed by atoms with Gasteiger partial charge in [0, 0.05) is 6.92 Å². The fraction of sp³-hybridized carbons (Fsp3) is 0.111. The van der Waals surface area contributed by atoms with Crippen LogP contribution in [0.4, 0.5) is 0 Å². The molecule has 1 rings (SSSR count). The minimum Gasteiger partial charge on any atom is -0.478 e. The molecule has 0 unspecified atom stereocenters.